The third-order valence-electron chi connectivity index (χ3n) is 2.97. The van der Waals surface area contributed by atoms with Crippen LogP contribution < -0.4 is 11.1 Å². The average Bonchev–Trinajstić information content (AvgIpc) is 2.44. The van der Waals surface area contributed by atoms with Crippen LogP contribution in [0.3, 0.4) is 0 Å². The van der Waals surface area contributed by atoms with E-state index < -0.39 is 0 Å². The zero-order valence-electron chi connectivity index (χ0n) is 11.6. The molecular formula is C14H23N3O2. The zero-order chi connectivity index (χ0) is 14.1. The van der Waals surface area contributed by atoms with Crippen molar-refractivity contribution in [2.75, 3.05) is 7.11 Å². The number of benzene rings is 1. The Hall–Kier alpha value is -1.59. The minimum Gasteiger partial charge on any atom is -0.409 e. The Balaban J connectivity index is 2.52. The molecule has 0 saturated carbocycles. The Kier molecular flexibility index (Phi) is 6.92. The van der Waals surface area contributed by atoms with Crippen LogP contribution in [0, 0.1) is 0 Å². The predicted octanol–water partition coefficient (Wildman–Crippen LogP) is 1.84. The highest BCUT2D eigenvalue weighted by molar-refractivity contribution is 5.80. The van der Waals surface area contributed by atoms with Crippen LogP contribution in [0.2, 0.25) is 0 Å². The van der Waals surface area contributed by atoms with Gasteiger partial charge in [0.1, 0.15) is 5.84 Å². The first-order valence-electron chi connectivity index (χ1n) is 6.46. The van der Waals surface area contributed by atoms with Gasteiger partial charge in [-0.3, -0.25) is 0 Å². The molecule has 5 heteroatoms. The first kappa shape index (κ1) is 15.5. The number of hydrogen-bond acceptors (Lipinski definition) is 4. The summed E-state index contributed by atoms with van der Waals surface area (Å²) in [5, 5.41) is 15.0. The van der Waals surface area contributed by atoms with Crippen molar-refractivity contribution < 1.29 is 9.94 Å². The van der Waals surface area contributed by atoms with Gasteiger partial charge in [0.15, 0.2) is 0 Å². The maximum Gasteiger partial charge on any atom is 0.140 e. The highest BCUT2D eigenvalue weighted by Crippen LogP contribution is 2.07. The van der Waals surface area contributed by atoms with Gasteiger partial charge in [-0.25, -0.2) is 0 Å². The number of nitrogens with one attached hydrogen (secondary N) is 1. The van der Waals surface area contributed by atoms with Crippen LogP contribution in [0.5, 0.6) is 0 Å². The smallest absolute Gasteiger partial charge is 0.140 e. The predicted molar refractivity (Wildman–Crippen MR) is 76.1 cm³/mol. The highest BCUT2D eigenvalue weighted by Gasteiger charge is 2.08. The van der Waals surface area contributed by atoms with Crippen LogP contribution in [0.25, 0.3) is 0 Å². The Bertz CT molecular complexity index is 407. The minimum absolute atomic E-state index is 0.210. The summed E-state index contributed by atoms with van der Waals surface area (Å²) in [5.41, 5.74) is 7.89. The molecule has 5 nitrogen and oxygen atoms in total. The van der Waals surface area contributed by atoms with Gasteiger partial charge in [0.2, 0.25) is 0 Å². The molecule has 0 saturated heterocycles. The van der Waals surface area contributed by atoms with Crippen molar-refractivity contribution in [3.05, 3.63) is 35.4 Å². The summed E-state index contributed by atoms with van der Waals surface area (Å²) >= 11 is 0. The molecule has 0 radical (unpaired) electrons. The average molecular weight is 265 g/mol. The lowest BCUT2D eigenvalue weighted by Crippen LogP contribution is -2.32. The van der Waals surface area contributed by atoms with Crippen LogP contribution in [0.4, 0.5) is 0 Å². The van der Waals surface area contributed by atoms with Crippen molar-refractivity contribution in [3.8, 4) is 0 Å². The molecule has 1 aromatic rings. The van der Waals surface area contributed by atoms with E-state index in [0.29, 0.717) is 13.0 Å². The molecule has 0 bridgehead atoms. The molecule has 1 atom stereocenters. The number of ether oxygens (including phenoxy) is 1. The number of nitrogens with two attached hydrogens (primary N) is 1. The second-order valence-corrected chi connectivity index (χ2v) is 4.53. The summed E-state index contributed by atoms with van der Waals surface area (Å²) in [7, 11) is 1.69. The molecule has 19 heavy (non-hydrogen) atoms. The minimum atomic E-state index is 0.210. The van der Waals surface area contributed by atoms with Gasteiger partial charge in [-0.1, -0.05) is 36.3 Å². The molecule has 1 rings (SSSR count). The standard InChI is InChI=1S/C14H23N3O2/c1-3-13(8-14(15)17-18)16-9-11-5-4-6-12(7-11)10-19-2/h4-7,13,16,18H,3,8-10H2,1-2H3,(H2,15,17). The summed E-state index contributed by atoms with van der Waals surface area (Å²) in [6.07, 6.45) is 1.47. The van der Waals surface area contributed by atoms with Crippen molar-refractivity contribution in [1.82, 2.24) is 5.32 Å². The summed E-state index contributed by atoms with van der Waals surface area (Å²) in [6.45, 7) is 3.45. The summed E-state index contributed by atoms with van der Waals surface area (Å²) < 4.78 is 5.12. The molecule has 0 heterocycles. The molecule has 1 unspecified atom stereocenters. The largest absolute Gasteiger partial charge is 0.409 e. The van der Waals surface area contributed by atoms with Gasteiger partial charge < -0.3 is 21.0 Å². The number of nitrogens with zero attached hydrogens (tertiary/aromatic N) is 1. The van der Waals surface area contributed by atoms with Gasteiger partial charge in [-0.2, -0.15) is 0 Å². The van der Waals surface area contributed by atoms with Gasteiger partial charge >= 0.3 is 0 Å². The number of methoxy groups -OCH3 is 1. The molecule has 0 spiro atoms. The Morgan fingerprint density at radius 1 is 1.47 bits per heavy atom. The zero-order valence-corrected chi connectivity index (χ0v) is 11.6. The van der Waals surface area contributed by atoms with E-state index in [1.54, 1.807) is 7.11 Å². The second kappa shape index (κ2) is 8.50. The molecule has 0 aromatic heterocycles. The number of rotatable bonds is 8. The fourth-order valence-corrected chi connectivity index (χ4v) is 1.91. The Morgan fingerprint density at radius 2 is 2.21 bits per heavy atom. The van der Waals surface area contributed by atoms with Crippen LogP contribution in [-0.4, -0.2) is 24.2 Å². The molecule has 1 aromatic carbocycles. The second-order valence-electron chi connectivity index (χ2n) is 4.53. The van der Waals surface area contributed by atoms with E-state index in [4.69, 9.17) is 15.7 Å². The van der Waals surface area contributed by atoms with Crippen LogP contribution >= 0.6 is 0 Å². The monoisotopic (exact) mass is 265 g/mol. The maximum absolute atomic E-state index is 8.58. The molecular weight excluding hydrogens is 242 g/mol. The fourth-order valence-electron chi connectivity index (χ4n) is 1.91. The van der Waals surface area contributed by atoms with Gasteiger partial charge in [0, 0.05) is 26.1 Å². The Labute approximate surface area is 114 Å². The van der Waals surface area contributed by atoms with Gasteiger partial charge in [0.05, 0.1) is 6.61 Å². The van der Waals surface area contributed by atoms with E-state index in [2.05, 4.69) is 29.5 Å². The summed E-state index contributed by atoms with van der Waals surface area (Å²) in [6, 6.07) is 8.47. The van der Waals surface area contributed by atoms with E-state index in [1.165, 1.54) is 5.56 Å². The first-order chi connectivity index (χ1) is 9.19. The van der Waals surface area contributed by atoms with E-state index in [1.807, 2.05) is 12.1 Å². The van der Waals surface area contributed by atoms with E-state index in [0.717, 1.165) is 18.5 Å². The van der Waals surface area contributed by atoms with Crippen molar-refractivity contribution >= 4 is 5.84 Å². The van der Waals surface area contributed by atoms with Crippen LogP contribution in [-0.2, 0) is 17.9 Å². The molecule has 0 amide bonds. The van der Waals surface area contributed by atoms with E-state index in [9.17, 15) is 0 Å². The van der Waals surface area contributed by atoms with E-state index in [-0.39, 0.29) is 11.9 Å². The van der Waals surface area contributed by atoms with Crippen molar-refractivity contribution in [1.29, 1.82) is 0 Å². The number of hydrogen-bond donors (Lipinski definition) is 3. The number of oxime groups is 1. The van der Waals surface area contributed by atoms with E-state index >= 15 is 0 Å². The lowest BCUT2D eigenvalue weighted by molar-refractivity contribution is 0.185. The quantitative estimate of drug-likeness (QED) is 0.290. The SMILES string of the molecule is CCC(CC(N)=NO)NCc1cccc(COC)c1. The lowest BCUT2D eigenvalue weighted by Gasteiger charge is -2.16. The first-order valence-corrected chi connectivity index (χ1v) is 6.46. The number of amidine groups is 1. The Morgan fingerprint density at radius 3 is 2.84 bits per heavy atom. The van der Waals surface area contributed by atoms with Gasteiger partial charge in [-0.05, 0) is 17.5 Å². The molecule has 4 N–H and O–H groups in total. The highest BCUT2D eigenvalue weighted by atomic mass is 16.5. The molecule has 0 aliphatic rings. The summed E-state index contributed by atoms with van der Waals surface area (Å²) in [5.74, 6) is 0.257. The van der Waals surface area contributed by atoms with Crippen LogP contribution in [0.15, 0.2) is 29.4 Å². The third-order valence-corrected chi connectivity index (χ3v) is 2.97. The molecule has 0 fully saturated rings. The van der Waals surface area contributed by atoms with Gasteiger partial charge in [0.25, 0.3) is 0 Å². The van der Waals surface area contributed by atoms with Gasteiger partial charge in [-0.15, -0.1) is 0 Å². The molecule has 0 aliphatic carbocycles. The van der Waals surface area contributed by atoms with Crippen molar-refractivity contribution in [2.45, 2.75) is 39.0 Å². The normalized spacial score (nSPS) is 13.5. The molecule has 106 valence electrons. The maximum atomic E-state index is 8.58. The third kappa shape index (κ3) is 5.72. The summed E-state index contributed by atoms with van der Waals surface area (Å²) in [4.78, 5) is 0. The lowest BCUT2D eigenvalue weighted by atomic mass is 10.1. The molecule has 0 aliphatic heterocycles. The van der Waals surface area contributed by atoms with Crippen LogP contribution in [0.1, 0.15) is 30.9 Å². The fraction of sp³-hybridized carbons (Fsp3) is 0.500. The van der Waals surface area contributed by atoms with Crippen molar-refractivity contribution in [3.63, 3.8) is 0 Å². The van der Waals surface area contributed by atoms with Crippen molar-refractivity contribution in [2.24, 2.45) is 10.9 Å². The topological polar surface area (TPSA) is 79.9 Å².